The van der Waals surface area contributed by atoms with Crippen LogP contribution in [-0.4, -0.2) is 18.9 Å². The fraction of sp³-hybridized carbons (Fsp3) is 0.333. The molecule has 1 aromatic rings. The standard InChI is InChI=1S/C9H10ClN3O2S/c1-9(2,6-11)13-16(14,15)7-3-4-8(10)12-5-7/h3-5,13H,1-2H3. The molecule has 1 aromatic heterocycles. The zero-order chi connectivity index (χ0) is 12.4. The molecule has 0 saturated carbocycles. The summed E-state index contributed by atoms with van der Waals surface area (Å²) in [5.41, 5.74) is -1.17. The van der Waals surface area contributed by atoms with Gasteiger partial charge in [0, 0.05) is 6.20 Å². The molecule has 7 heteroatoms. The van der Waals surface area contributed by atoms with Crippen LogP contribution in [0.4, 0.5) is 0 Å². The number of halogens is 1. The number of sulfonamides is 1. The summed E-state index contributed by atoms with van der Waals surface area (Å²) in [6, 6.07) is 4.54. The van der Waals surface area contributed by atoms with E-state index in [-0.39, 0.29) is 10.0 Å². The maximum Gasteiger partial charge on any atom is 0.243 e. The van der Waals surface area contributed by atoms with E-state index in [1.807, 2.05) is 6.07 Å². The number of pyridine rings is 1. The van der Waals surface area contributed by atoms with Gasteiger partial charge in [0.1, 0.15) is 15.6 Å². The second-order valence-electron chi connectivity index (χ2n) is 3.66. The summed E-state index contributed by atoms with van der Waals surface area (Å²) in [6.45, 7) is 2.93. The predicted octanol–water partition coefficient (Wildman–Crippen LogP) is 1.32. The molecule has 86 valence electrons. The molecule has 1 N–H and O–H groups in total. The van der Waals surface area contributed by atoms with Gasteiger partial charge in [0.2, 0.25) is 10.0 Å². The minimum Gasteiger partial charge on any atom is -0.243 e. The lowest BCUT2D eigenvalue weighted by atomic mass is 10.1. The molecule has 0 spiro atoms. The molecule has 16 heavy (non-hydrogen) atoms. The first-order valence-corrected chi connectivity index (χ1v) is 6.20. The fourth-order valence-electron chi connectivity index (χ4n) is 0.939. The van der Waals surface area contributed by atoms with E-state index >= 15 is 0 Å². The quantitative estimate of drug-likeness (QED) is 0.830. The largest absolute Gasteiger partial charge is 0.243 e. The molecule has 0 aliphatic heterocycles. The summed E-state index contributed by atoms with van der Waals surface area (Å²) in [7, 11) is -3.74. The Bertz CT molecular complexity index is 517. The van der Waals surface area contributed by atoms with Crippen molar-refractivity contribution in [1.29, 1.82) is 5.26 Å². The number of nitrogens with one attached hydrogen (secondary N) is 1. The highest BCUT2D eigenvalue weighted by Gasteiger charge is 2.25. The number of hydrogen-bond acceptors (Lipinski definition) is 4. The summed E-state index contributed by atoms with van der Waals surface area (Å²) in [4.78, 5) is 3.64. The van der Waals surface area contributed by atoms with Gasteiger partial charge in [-0.05, 0) is 26.0 Å². The van der Waals surface area contributed by atoms with Gasteiger partial charge in [-0.25, -0.2) is 13.4 Å². The van der Waals surface area contributed by atoms with Gasteiger partial charge >= 0.3 is 0 Å². The Morgan fingerprint density at radius 2 is 2.12 bits per heavy atom. The van der Waals surface area contributed by atoms with Crippen molar-refractivity contribution in [3.8, 4) is 6.07 Å². The predicted molar refractivity (Wildman–Crippen MR) is 59.3 cm³/mol. The van der Waals surface area contributed by atoms with E-state index in [0.717, 1.165) is 6.20 Å². The SMILES string of the molecule is CC(C)(C#N)NS(=O)(=O)c1ccc(Cl)nc1. The molecule has 0 atom stereocenters. The van der Waals surface area contributed by atoms with Crippen molar-refractivity contribution in [2.75, 3.05) is 0 Å². The first kappa shape index (κ1) is 12.9. The molecule has 0 aliphatic carbocycles. The van der Waals surface area contributed by atoms with E-state index in [0.29, 0.717) is 0 Å². The van der Waals surface area contributed by atoms with Crippen molar-refractivity contribution in [2.45, 2.75) is 24.3 Å². The number of nitrogens with zero attached hydrogens (tertiary/aromatic N) is 2. The molecule has 0 fully saturated rings. The van der Waals surface area contributed by atoms with Crippen LogP contribution in [0.2, 0.25) is 5.15 Å². The van der Waals surface area contributed by atoms with E-state index in [4.69, 9.17) is 16.9 Å². The molecular formula is C9H10ClN3O2S. The minimum atomic E-state index is -3.74. The van der Waals surface area contributed by atoms with Crippen LogP contribution in [0, 0.1) is 11.3 Å². The topological polar surface area (TPSA) is 82.9 Å². The van der Waals surface area contributed by atoms with Gasteiger partial charge in [-0.1, -0.05) is 11.6 Å². The highest BCUT2D eigenvalue weighted by Crippen LogP contribution is 2.13. The van der Waals surface area contributed by atoms with Crippen LogP contribution in [0.1, 0.15) is 13.8 Å². The maximum atomic E-state index is 11.8. The first-order valence-electron chi connectivity index (χ1n) is 4.34. The summed E-state index contributed by atoms with van der Waals surface area (Å²) in [5, 5.41) is 8.94. The van der Waals surface area contributed by atoms with Gasteiger partial charge in [0.25, 0.3) is 0 Å². The third-order valence-corrected chi connectivity index (χ3v) is 3.54. The highest BCUT2D eigenvalue weighted by atomic mass is 35.5. The van der Waals surface area contributed by atoms with Crippen molar-refractivity contribution in [2.24, 2.45) is 0 Å². The molecule has 0 aromatic carbocycles. The summed E-state index contributed by atoms with van der Waals surface area (Å²) in [6.07, 6.45) is 1.14. The van der Waals surface area contributed by atoms with Crippen molar-refractivity contribution in [3.63, 3.8) is 0 Å². The maximum absolute atomic E-state index is 11.8. The van der Waals surface area contributed by atoms with Crippen LogP contribution in [0.3, 0.4) is 0 Å². The van der Waals surface area contributed by atoms with Crippen LogP contribution in [0.25, 0.3) is 0 Å². The fourth-order valence-corrected chi connectivity index (χ4v) is 2.32. The summed E-state index contributed by atoms with van der Waals surface area (Å²) in [5.74, 6) is 0. The van der Waals surface area contributed by atoms with Gasteiger partial charge in [-0.15, -0.1) is 0 Å². The normalized spacial score (nSPS) is 12.1. The van der Waals surface area contributed by atoms with E-state index < -0.39 is 15.6 Å². The molecule has 0 radical (unpaired) electrons. The molecule has 5 nitrogen and oxygen atoms in total. The van der Waals surface area contributed by atoms with Crippen LogP contribution >= 0.6 is 11.6 Å². The van der Waals surface area contributed by atoms with Crippen LogP contribution < -0.4 is 4.72 Å². The third-order valence-electron chi connectivity index (χ3n) is 1.68. The molecule has 1 heterocycles. The zero-order valence-corrected chi connectivity index (χ0v) is 10.3. The van der Waals surface area contributed by atoms with E-state index in [9.17, 15) is 8.42 Å². The number of rotatable bonds is 3. The summed E-state index contributed by atoms with van der Waals surface area (Å²) < 4.78 is 25.8. The van der Waals surface area contributed by atoms with Crippen LogP contribution in [0.5, 0.6) is 0 Å². The van der Waals surface area contributed by atoms with Crippen molar-refractivity contribution >= 4 is 21.6 Å². The Morgan fingerprint density at radius 3 is 2.56 bits per heavy atom. The van der Waals surface area contributed by atoms with E-state index in [2.05, 4.69) is 9.71 Å². The van der Waals surface area contributed by atoms with E-state index in [1.54, 1.807) is 0 Å². The molecule has 1 rings (SSSR count). The van der Waals surface area contributed by atoms with Gasteiger partial charge in [-0.2, -0.15) is 9.98 Å². The molecular weight excluding hydrogens is 250 g/mol. The first-order chi connectivity index (χ1) is 7.27. The van der Waals surface area contributed by atoms with Gasteiger partial charge in [0.05, 0.1) is 6.07 Å². The lowest BCUT2D eigenvalue weighted by molar-refractivity contribution is 0.535. The van der Waals surface area contributed by atoms with Crippen LogP contribution in [-0.2, 0) is 10.0 Å². The molecule has 0 saturated heterocycles. The number of aromatic nitrogens is 1. The highest BCUT2D eigenvalue weighted by molar-refractivity contribution is 7.89. The van der Waals surface area contributed by atoms with E-state index in [1.165, 1.54) is 26.0 Å². The average molecular weight is 260 g/mol. The Kier molecular flexibility index (Phi) is 3.53. The monoisotopic (exact) mass is 259 g/mol. The Labute approximate surface area is 99.1 Å². The Morgan fingerprint density at radius 1 is 1.50 bits per heavy atom. The number of hydrogen-bond donors (Lipinski definition) is 1. The van der Waals surface area contributed by atoms with Crippen molar-refractivity contribution in [1.82, 2.24) is 9.71 Å². The molecule has 0 aliphatic rings. The molecule has 0 bridgehead atoms. The minimum absolute atomic E-state index is 0.0276. The Hall–Kier alpha value is -1.16. The van der Waals surface area contributed by atoms with Gasteiger partial charge in [0.15, 0.2) is 0 Å². The second-order valence-corrected chi connectivity index (χ2v) is 5.73. The van der Waals surface area contributed by atoms with Crippen molar-refractivity contribution in [3.05, 3.63) is 23.5 Å². The van der Waals surface area contributed by atoms with Crippen molar-refractivity contribution < 1.29 is 8.42 Å². The zero-order valence-electron chi connectivity index (χ0n) is 8.73. The van der Waals surface area contributed by atoms with Gasteiger partial charge in [-0.3, -0.25) is 0 Å². The lowest BCUT2D eigenvalue weighted by Crippen LogP contribution is -2.41. The third kappa shape index (κ3) is 3.17. The molecule has 0 amide bonds. The average Bonchev–Trinajstić information content (AvgIpc) is 2.17. The Balaban J connectivity index is 3.05. The lowest BCUT2D eigenvalue weighted by Gasteiger charge is -2.17. The molecule has 0 unspecified atom stereocenters. The van der Waals surface area contributed by atoms with Gasteiger partial charge < -0.3 is 0 Å². The summed E-state index contributed by atoms with van der Waals surface area (Å²) >= 11 is 5.54. The smallest absolute Gasteiger partial charge is 0.243 e. The second kappa shape index (κ2) is 4.37. The number of nitriles is 1. The van der Waals surface area contributed by atoms with Crippen LogP contribution in [0.15, 0.2) is 23.2 Å².